The number of benzene rings is 2. The molecular weight excluding hydrogens is 530 g/mol. The second-order valence-corrected chi connectivity index (χ2v) is 11.4. The van der Waals surface area contributed by atoms with Crippen molar-refractivity contribution in [2.75, 3.05) is 43.2 Å². The van der Waals surface area contributed by atoms with Crippen molar-refractivity contribution >= 4 is 23.3 Å². The molecular formula is C33H39N5O4. The number of carbonyl (C=O) groups excluding carboxylic acids is 2. The largest absolute Gasteiger partial charge is 0.496 e. The number of pyridine rings is 1. The number of nitrogens with zero attached hydrogens (tertiary/aromatic N) is 3. The van der Waals surface area contributed by atoms with Crippen LogP contribution in [0.3, 0.4) is 0 Å². The molecule has 0 saturated carbocycles. The molecule has 0 spiro atoms. The van der Waals surface area contributed by atoms with E-state index >= 15 is 0 Å². The van der Waals surface area contributed by atoms with Gasteiger partial charge in [-0.2, -0.15) is 0 Å². The maximum absolute atomic E-state index is 13.1. The number of fused-ring (bicyclic) bond motifs is 2. The van der Waals surface area contributed by atoms with E-state index < -0.39 is 0 Å². The number of piperidine rings is 1. The third-order valence-electron chi connectivity index (χ3n) is 8.86. The van der Waals surface area contributed by atoms with E-state index in [1.807, 2.05) is 37.3 Å². The molecule has 2 N–H and O–H groups in total. The van der Waals surface area contributed by atoms with Crippen LogP contribution in [0.15, 0.2) is 60.8 Å². The summed E-state index contributed by atoms with van der Waals surface area (Å²) in [7, 11) is 1.62. The summed E-state index contributed by atoms with van der Waals surface area (Å²) in [6.45, 7) is 5.70. The van der Waals surface area contributed by atoms with Gasteiger partial charge in [0.1, 0.15) is 11.6 Å². The third-order valence-corrected chi connectivity index (χ3v) is 8.86. The smallest absolute Gasteiger partial charge is 0.253 e. The molecule has 2 atom stereocenters. The van der Waals surface area contributed by atoms with Gasteiger partial charge in [-0.05, 0) is 74.6 Å². The molecule has 42 heavy (non-hydrogen) atoms. The van der Waals surface area contributed by atoms with Crippen molar-refractivity contribution in [3.63, 3.8) is 0 Å². The van der Waals surface area contributed by atoms with Crippen LogP contribution in [0.5, 0.6) is 5.75 Å². The van der Waals surface area contributed by atoms with Crippen LogP contribution in [0.25, 0.3) is 0 Å². The SMILES string of the molecule is COc1cccc(C(=O)NC2CC3CCC(C2)N3c2ccc(C(=O)NCc3ccc(N4CCOCC4)cc3)cn2)c1C. The van der Waals surface area contributed by atoms with Crippen LogP contribution in [0.2, 0.25) is 0 Å². The maximum Gasteiger partial charge on any atom is 0.253 e. The van der Waals surface area contributed by atoms with Crippen molar-refractivity contribution < 1.29 is 19.1 Å². The Morgan fingerprint density at radius 1 is 0.976 bits per heavy atom. The number of nitrogens with one attached hydrogen (secondary N) is 2. The second-order valence-electron chi connectivity index (χ2n) is 11.4. The maximum atomic E-state index is 13.1. The van der Waals surface area contributed by atoms with E-state index in [2.05, 4.69) is 44.7 Å². The Morgan fingerprint density at radius 3 is 2.38 bits per heavy atom. The van der Waals surface area contributed by atoms with Gasteiger partial charge in [0.25, 0.3) is 11.8 Å². The molecule has 9 heteroatoms. The summed E-state index contributed by atoms with van der Waals surface area (Å²) >= 11 is 0. The zero-order valence-electron chi connectivity index (χ0n) is 24.3. The first-order valence-electron chi connectivity index (χ1n) is 14.9. The van der Waals surface area contributed by atoms with Crippen molar-refractivity contribution in [3.8, 4) is 5.75 Å². The van der Waals surface area contributed by atoms with E-state index in [9.17, 15) is 9.59 Å². The number of carbonyl (C=O) groups is 2. The van der Waals surface area contributed by atoms with Gasteiger partial charge in [-0.1, -0.05) is 18.2 Å². The molecule has 2 bridgehead atoms. The topological polar surface area (TPSA) is 96.0 Å². The lowest BCUT2D eigenvalue weighted by Gasteiger charge is -2.40. The summed E-state index contributed by atoms with van der Waals surface area (Å²) in [5, 5.41) is 6.29. The molecule has 2 aromatic carbocycles. The number of morpholine rings is 1. The summed E-state index contributed by atoms with van der Waals surface area (Å²) in [5.74, 6) is 1.43. The summed E-state index contributed by atoms with van der Waals surface area (Å²) in [5.41, 5.74) is 4.29. The van der Waals surface area contributed by atoms with Gasteiger partial charge in [0, 0.05) is 60.8 Å². The molecule has 4 heterocycles. The molecule has 0 aliphatic carbocycles. The molecule has 3 aliphatic rings. The van der Waals surface area contributed by atoms with E-state index in [-0.39, 0.29) is 17.9 Å². The number of aromatic nitrogens is 1. The summed E-state index contributed by atoms with van der Waals surface area (Å²) < 4.78 is 10.8. The van der Waals surface area contributed by atoms with Crippen molar-refractivity contribution in [3.05, 3.63) is 83.0 Å². The van der Waals surface area contributed by atoms with Gasteiger partial charge in [0.05, 0.1) is 25.9 Å². The fourth-order valence-corrected chi connectivity index (χ4v) is 6.62. The van der Waals surface area contributed by atoms with Crippen LogP contribution >= 0.6 is 0 Å². The van der Waals surface area contributed by atoms with E-state index in [0.717, 1.165) is 74.7 Å². The van der Waals surface area contributed by atoms with E-state index in [1.165, 1.54) is 5.69 Å². The minimum absolute atomic E-state index is 0.0502. The predicted octanol–water partition coefficient (Wildman–Crippen LogP) is 4.10. The third kappa shape index (κ3) is 5.92. The van der Waals surface area contributed by atoms with Gasteiger partial charge in [-0.3, -0.25) is 9.59 Å². The van der Waals surface area contributed by atoms with Crippen molar-refractivity contribution in [1.82, 2.24) is 15.6 Å². The number of hydrogen-bond acceptors (Lipinski definition) is 7. The molecule has 3 fully saturated rings. The summed E-state index contributed by atoms with van der Waals surface area (Å²) in [4.78, 5) is 35.3. The molecule has 1 aromatic heterocycles. The normalized spacial score (nSPS) is 21.6. The number of ether oxygens (including phenoxy) is 2. The Labute approximate surface area is 247 Å². The lowest BCUT2D eigenvalue weighted by Crippen LogP contribution is -2.50. The highest BCUT2D eigenvalue weighted by molar-refractivity contribution is 5.96. The molecule has 2 unspecified atom stereocenters. The number of anilines is 2. The Morgan fingerprint density at radius 2 is 1.71 bits per heavy atom. The van der Waals surface area contributed by atoms with Gasteiger partial charge in [-0.25, -0.2) is 4.98 Å². The molecule has 6 rings (SSSR count). The van der Waals surface area contributed by atoms with Crippen molar-refractivity contribution in [2.45, 2.75) is 57.3 Å². The first-order valence-corrected chi connectivity index (χ1v) is 14.9. The number of methoxy groups -OCH3 is 1. The predicted molar refractivity (Wildman–Crippen MR) is 162 cm³/mol. The van der Waals surface area contributed by atoms with Crippen LogP contribution in [0.4, 0.5) is 11.5 Å². The fourth-order valence-electron chi connectivity index (χ4n) is 6.62. The van der Waals surface area contributed by atoms with E-state index in [1.54, 1.807) is 13.3 Å². The van der Waals surface area contributed by atoms with E-state index in [4.69, 9.17) is 14.5 Å². The number of amides is 2. The Balaban J connectivity index is 1.02. The van der Waals surface area contributed by atoms with Gasteiger partial charge >= 0.3 is 0 Å². The zero-order valence-corrected chi connectivity index (χ0v) is 24.3. The highest BCUT2D eigenvalue weighted by Gasteiger charge is 2.42. The van der Waals surface area contributed by atoms with Crippen LogP contribution in [-0.4, -0.2) is 68.3 Å². The van der Waals surface area contributed by atoms with Crippen LogP contribution < -0.4 is 25.2 Å². The molecule has 0 radical (unpaired) electrons. The average Bonchev–Trinajstić information content (AvgIpc) is 3.30. The lowest BCUT2D eigenvalue weighted by atomic mass is 9.96. The zero-order chi connectivity index (χ0) is 29.1. The fraction of sp³-hybridized carbons (Fsp3) is 0.424. The van der Waals surface area contributed by atoms with Crippen molar-refractivity contribution in [2.24, 2.45) is 0 Å². The second kappa shape index (κ2) is 12.4. The first-order chi connectivity index (χ1) is 20.5. The number of rotatable bonds is 8. The molecule has 2 amide bonds. The molecule has 3 saturated heterocycles. The molecule has 220 valence electrons. The van der Waals surface area contributed by atoms with Crippen molar-refractivity contribution in [1.29, 1.82) is 0 Å². The lowest BCUT2D eigenvalue weighted by molar-refractivity contribution is 0.0923. The summed E-state index contributed by atoms with van der Waals surface area (Å²) in [6, 6.07) is 18.5. The van der Waals surface area contributed by atoms with Crippen LogP contribution in [0.1, 0.15) is 57.5 Å². The minimum atomic E-state index is -0.136. The van der Waals surface area contributed by atoms with Gasteiger partial charge in [-0.15, -0.1) is 0 Å². The van der Waals surface area contributed by atoms with Gasteiger partial charge in [0.2, 0.25) is 0 Å². The Hall–Kier alpha value is -4.11. The van der Waals surface area contributed by atoms with Gasteiger partial charge < -0.3 is 29.9 Å². The molecule has 9 nitrogen and oxygen atoms in total. The van der Waals surface area contributed by atoms with Crippen LogP contribution in [0, 0.1) is 6.92 Å². The first kappa shape index (κ1) is 28.0. The number of hydrogen-bond donors (Lipinski definition) is 2. The Bertz CT molecular complexity index is 1390. The van der Waals surface area contributed by atoms with Crippen LogP contribution in [-0.2, 0) is 11.3 Å². The standard InChI is InChI=1S/C33H39N5O4/c1-22-29(4-3-5-30(22)41-2)33(40)36-25-18-27-11-12-28(19-25)38(27)31-13-8-24(21-34-31)32(39)35-20-23-6-9-26(10-7-23)37-14-16-42-17-15-37/h3-10,13,21,25,27-28H,11-12,14-20H2,1-2H3,(H,35,39)(H,36,40). The average molecular weight is 570 g/mol. The molecule has 3 aliphatic heterocycles. The quantitative estimate of drug-likeness (QED) is 0.422. The minimum Gasteiger partial charge on any atom is -0.496 e. The van der Waals surface area contributed by atoms with Gasteiger partial charge in [0.15, 0.2) is 0 Å². The monoisotopic (exact) mass is 569 g/mol. The highest BCUT2D eigenvalue weighted by atomic mass is 16.5. The highest BCUT2D eigenvalue weighted by Crippen LogP contribution is 2.38. The molecule has 3 aromatic rings. The van der Waals surface area contributed by atoms with E-state index in [0.29, 0.717) is 29.8 Å². The summed E-state index contributed by atoms with van der Waals surface area (Å²) in [6.07, 6.45) is 5.57. The Kier molecular flexibility index (Phi) is 8.28.